The summed E-state index contributed by atoms with van der Waals surface area (Å²) in [6.45, 7) is -0.353. The minimum atomic E-state index is -1.20. The smallest absolute Gasteiger partial charge is 0.322 e. The Morgan fingerprint density at radius 2 is 2.09 bits per heavy atom. The molecule has 5 N–H and O–H groups in total. The van der Waals surface area contributed by atoms with Gasteiger partial charge in [-0.3, -0.25) is 20.1 Å². The van der Waals surface area contributed by atoms with Crippen LogP contribution in [0, 0.1) is 10.8 Å². The summed E-state index contributed by atoms with van der Waals surface area (Å²) in [6.07, 6.45) is -1.40. The van der Waals surface area contributed by atoms with Gasteiger partial charge in [0.05, 0.1) is 12.0 Å². The van der Waals surface area contributed by atoms with E-state index in [4.69, 9.17) is 10.8 Å². The van der Waals surface area contributed by atoms with Gasteiger partial charge in [0.2, 0.25) is 5.91 Å². The molecule has 0 aromatic rings. The molecule has 0 radical (unpaired) electrons. The van der Waals surface area contributed by atoms with Crippen molar-refractivity contribution in [3.8, 4) is 0 Å². The number of nitrogens with one attached hydrogen (secondary N) is 1. The molecule has 22 heavy (non-hydrogen) atoms. The number of amides is 1. The van der Waals surface area contributed by atoms with Gasteiger partial charge in [-0.15, -0.1) is 4.91 Å². The lowest BCUT2D eigenvalue weighted by Crippen LogP contribution is -2.37. The Hall–Kier alpha value is -1.72. The van der Waals surface area contributed by atoms with E-state index in [2.05, 4.69) is 14.6 Å². The van der Waals surface area contributed by atoms with Gasteiger partial charge in [0.25, 0.3) is 6.47 Å². The molecule has 0 aliphatic heterocycles. The van der Waals surface area contributed by atoms with Crippen LogP contribution >= 0.6 is 11.9 Å². The Morgan fingerprint density at radius 3 is 2.64 bits per heavy atom. The topological polar surface area (TPSA) is 168 Å². The zero-order valence-electron chi connectivity index (χ0n) is 11.7. The number of hydrogen-bond acceptors (Lipinski definition) is 9. The second-order valence-corrected chi connectivity index (χ2v) is 5.16. The van der Waals surface area contributed by atoms with Crippen LogP contribution in [0.2, 0.25) is 0 Å². The number of ether oxygens (including phenoxy) is 1. The summed E-state index contributed by atoms with van der Waals surface area (Å²) >= 11 is 0.608. The van der Waals surface area contributed by atoms with Crippen LogP contribution < -0.4 is 11.1 Å². The van der Waals surface area contributed by atoms with Crippen LogP contribution in [0.3, 0.4) is 0 Å². The van der Waals surface area contributed by atoms with E-state index >= 15 is 0 Å². The van der Waals surface area contributed by atoms with Crippen molar-refractivity contribution in [2.45, 2.75) is 31.6 Å². The molecule has 0 fully saturated rings. The number of carboxylic acid groups (broad SMARTS) is 1. The van der Waals surface area contributed by atoms with Crippen LogP contribution in [-0.4, -0.2) is 53.2 Å². The van der Waals surface area contributed by atoms with E-state index in [9.17, 15) is 24.4 Å². The highest BCUT2D eigenvalue weighted by Gasteiger charge is 2.23. The lowest BCUT2D eigenvalue weighted by atomic mass is 9.99. The minimum absolute atomic E-state index is 0.00177. The van der Waals surface area contributed by atoms with Crippen LogP contribution in [0.25, 0.3) is 0 Å². The molecule has 0 aromatic carbocycles. The molecule has 1 unspecified atom stereocenters. The number of carboxylic acids is 1. The fourth-order valence-electron chi connectivity index (χ4n) is 1.62. The van der Waals surface area contributed by atoms with E-state index < -0.39 is 36.7 Å². The van der Waals surface area contributed by atoms with Crippen molar-refractivity contribution in [1.82, 2.24) is 5.32 Å². The Kier molecular flexibility index (Phi) is 11.0. The first-order valence-corrected chi connectivity index (χ1v) is 7.31. The molecule has 126 valence electrons. The molecule has 0 spiro atoms. The van der Waals surface area contributed by atoms with E-state index in [0.29, 0.717) is 11.9 Å². The van der Waals surface area contributed by atoms with E-state index in [1.54, 1.807) is 0 Å². The quantitative estimate of drug-likeness (QED) is 0.145. The number of aliphatic carboxylic acids is 1. The second kappa shape index (κ2) is 11.9. The number of carbonyl (C=O) groups excluding carboxylic acids is 2. The van der Waals surface area contributed by atoms with Crippen molar-refractivity contribution in [3.05, 3.63) is 4.91 Å². The van der Waals surface area contributed by atoms with Gasteiger partial charge in [-0.05, 0) is 12.8 Å². The standard InChI is InChI=1S/C11H19N3O7S/c12-9(21-6-15)2-1-8(16)3-7(5-22-14-20)11(19)13-4-10(17)18/h6-9,16H,1-5,12H2,(H,13,19)(H,17,18)/t7-,8?,9+/m0/s1. The highest BCUT2D eigenvalue weighted by atomic mass is 32.2. The molecule has 0 bridgehead atoms. The van der Waals surface area contributed by atoms with Crippen molar-refractivity contribution in [3.63, 3.8) is 0 Å². The Balaban J connectivity index is 4.36. The van der Waals surface area contributed by atoms with Gasteiger partial charge < -0.3 is 20.3 Å². The first kappa shape index (κ1) is 20.3. The maximum Gasteiger partial charge on any atom is 0.322 e. The fourth-order valence-corrected chi connectivity index (χ4v) is 2.15. The average molecular weight is 337 g/mol. The minimum Gasteiger partial charge on any atom is -0.480 e. The number of aliphatic hydroxyl groups excluding tert-OH is 1. The summed E-state index contributed by atoms with van der Waals surface area (Å²) in [7, 11) is 0. The zero-order chi connectivity index (χ0) is 17.0. The van der Waals surface area contributed by atoms with Crippen molar-refractivity contribution in [2.24, 2.45) is 16.2 Å². The average Bonchev–Trinajstić information content (AvgIpc) is 2.47. The molecule has 0 saturated carbocycles. The molecule has 10 nitrogen and oxygen atoms in total. The van der Waals surface area contributed by atoms with Gasteiger partial charge in [-0.2, -0.15) is 0 Å². The molecule has 0 aliphatic rings. The third-order valence-corrected chi connectivity index (χ3v) is 3.34. The number of hydrogen-bond donors (Lipinski definition) is 4. The Bertz CT molecular complexity index is 383. The predicted octanol–water partition coefficient (Wildman–Crippen LogP) is -0.793. The molecule has 0 saturated heterocycles. The summed E-state index contributed by atoms with van der Waals surface area (Å²) in [4.78, 5) is 42.4. The molecule has 0 rings (SSSR count). The van der Waals surface area contributed by atoms with Gasteiger partial charge in [0, 0.05) is 28.7 Å². The number of nitrogens with zero attached hydrogens (tertiary/aromatic N) is 1. The number of carbonyl (C=O) groups is 3. The molecule has 0 aliphatic carbocycles. The highest BCUT2D eigenvalue weighted by molar-refractivity contribution is 7.97. The van der Waals surface area contributed by atoms with Gasteiger partial charge in [-0.1, -0.05) is 0 Å². The summed E-state index contributed by atoms with van der Waals surface area (Å²) in [6, 6.07) is 0. The van der Waals surface area contributed by atoms with E-state index in [-0.39, 0.29) is 31.5 Å². The van der Waals surface area contributed by atoms with Gasteiger partial charge >= 0.3 is 5.97 Å². The molecule has 3 atom stereocenters. The molecule has 1 amide bonds. The third kappa shape index (κ3) is 10.1. The number of aliphatic hydroxyl groups is 1. The van der Waals surface area contributed by atoms with Crippen molar-refractivity contribution in [1.29, 1.82) is 0 Å². The monoisotopic (exact) mass is 337 g/mol. The number of nitroso groups, excluding NO2 is 1. The maximum absolute atomic E-state index is 11.8. The lowest BCUT2D eigenvalue weighted by molar-refractivity contribution is -0.138. The van der Waals surface area contributed by atoms with E-state index in [1.807, 2.05) is 0 Å². The Morgan fingerprint density at radius 1 is 1.41 bits per heavy atom. The SMILES string of the molecule is N[C@@H](CCC(O)C[C@@H](CSN=O)C(=O)NCC(=O)O)OC=O. The van der Waals surface area contributed by atoms with E-state index in [0.717, 1.165) is 0 Å². The van der Waals surface area contributed by atoms with Crippen molar-refractivity contribution >= 4 is 30.3 Å². The van der Waals surface area contributed by atoms with Crippen LogP contribution in [-0.2, 0) is 19.1 Å². The Labute approximate surface area is 130 Å². The van der Waals surface area contributed by atoms with Crippen molar-refractivity contribution < 1.29 is 29.3 Å². The molecule has 0 heterocycles. The maximum atomic E-state index is 11.8. The van der Waals surface area contributed by atoms with Gasteiger partial charge in [0.15, 0.2) is 6.23 Å². The molecule has 0 aromatic heterocycles. The van der Waals surface area contributed by atoms with E-state index in [1.165, 1.54) is 0 Å². The summed E-state index contributed by atoms with van der Waals surface area (Å²) in [5, 5.41) is 20.5. The second-order valence-electron chi connectivity index (χ2n) is 4.42. The summed E-state index contributed by atoms with van der Waals surface area (Å²) in [5.41, 5.74) is 5.41. The van der Waals surface area contributed by atoms with Crippen LogP contribution in [0.1, 0.15) is 19.3 Å². The number of nitrogens with two attached hydrogens (primary N) is 1. The first-order chi connectivity index (χ1) is 10.4. The van der Waals surface area contributed by atoms with Crippen molar-refractivity contribution in [2.75, 3.05) is 12.3 Å². The highest BCUT2D eigenvalue weighted by Crippen LogP contribution is 2.18. The third-order valence-electron chi connectivity index (χ3n) is 2.68. The summed E-state index contributed by atoms with van der Waals surface area (Å²) < 4.78 is 7.02. The van der Waals surface area contributed by atoms with Crippen LogP contribution in [0.4, 0.5) is 0 Å². The normalized spacial score (nSPS) is 14.5. The molecular formula is C11H19N3O7S. The fraction of sp³-hybridized carbons (Fsp3) is 0.727. The van der Waals surface area contributed by atoms with Crippen LogP contribution in [0.15, 0.2) is 4.58 Å². The lowest BCUT2D eigenvalue weighted by Gasteiger charge is -2.19. The largest absolute Gasteiger partial charge is 0.480 e. The predicted molar refractivity (Wildman–Crippen MR) is 77.4 cm³/mol. The zero-order valence-corrected chi connectivity index (χ0v) is 12.5. The first-order valence-electron chi connectivity index (χ1n) is 6.37. The molecular weight excluding hydrogens is 318 g/mol. The van der Waals surface area contributed by atoms with Gasteiger partial charge in [-0.25, -0.2) is 0 Å². The summed E-state index contributed by atoms with van der Waals surface area (Å²) in [5.74, 6) is -2.56. The van der Waals surface area contributed by atoms with Crippen LogP contribution in [0.5, 0.6) is 0 Å². The van der Waals surface area contributed by atoms with Gasteiger partial charge in [0.1, 0.15) is 6.54 Å². The number of rotatable bonds is 13. The molecule has 11 heteroatoms.